The molecule has 0 spiro atoms. The van der Waals surface area contributed by atoms with Crippen LogP contribution in [-0.4, -0.2) is 33.7 Å². The Morgan fingerprint density at radius 3 is 2.65 bits per heavy atom. The van der Waals surface area contributed by atoms with Crippen LogP contribution >= 0.6 is 0 Å². The molecule has 1 saturated heterocycles. The highest BCUT2D eigenvalue weighted by atomic mass is 16.2. The van der Waals surface area contributed by atoms with Gasteiger partial charge in [0.25, 0.3) is 0 Å². The summed E-state index contributed by atoms with van der Waals surface area (Å²) in [7, 11) is 0. The van der Waals surface area contributed by atoms with Gasteiger partial charge < -0.3 is 5.32 Å². The Hall–Kier alpha value is -2.14. The molecule has 0 unspecified atom stereocenters. The monoisotopic (exact) mass is 354 g/mol. The molecule has 1 aromatic carbocycles. The zero-order valence-corrected chi connectivity index (χ0v) is 16.3. The standard InChI is InChI=1S/C21H30N4O/c1-15-8-10-24(11-9-15)14-19-6-5-7-20(13-19)22-21(26)18(4)25-17(3)12-16(2)23-25/h5-7,12-13,15,18H,8-11,14H2,1-4H3,(H,22,26)/t18-/m1/s1. The molecule has 0 aliphatic carbocycles. The van der Waals surface area contributed by atoms with E-state index in [0.29, 0.717) is 0 Å². The molecule has 1 amide bonds. The van der Waals surface area contributed by atoms with Crippen molar-refractivity contribution >= 4 is 11.6 Å². The number of rotatable bonds is 5. The summed E-state index contributed by atoms with van der Waals surface area (Å²) >= 11 is 0. The van der Waals surface area contributed by atoms with Crippen LogP contribution in [0, 0.1) is 19.8 Å². The van der Waals surface area contributed by atoms with Crippen molar-refractivity contribution in [1.82, 2.24) is 14.7 Å². The van der Waals surface area contributed by atoms with Gasteiger partial charge in [0.2, 0.25) is 5.91 Å². The molecule has 0 bridgehead atoms. The van der Waals surface area contributed by atoms with Gasteiger partial charge in [-0.05, 0) is 76.4 Å². The zero-order valence-electron chi connectivity index (χ0n) is 16.3. The summed E-state index contributed by atoms with van der Waals surface area (Å²) in [4.78, 5) is 15.1. The third kappa shape index (κ3) is 4.52. The van der Waals surface area contributed by atoms with Crippen LogP contribution in [0.3, 0.4) is 0 Å². The minimum atomic E-state index is -0.337. The number of carbonyl (C=O) groups excluding carboxylic acids is 1. The number of anilines is 1. The van der Waals surface area contributed by atoms with Crippen molar-refractivity contribution in [3.63, 3.8) is 0 Å². The van der Waals surface area contributed by atoms with Crippen LogP contribution in [0.1, 0.15) is 49.7 Å². The Labute approximate surface area is 156 Å². The van der Waals surface area contributed by atoms with Crippen molar-refractivity contribution < 1.29 is 4.79 Å². The number of aryl methyl sites for hydroxylation is 2. The second-order valence-corrected chi connectivity index (χ2v) is 7.70. The number of nitrogens with one attached hydrogen (secondary N) is 1. The first kappa shape index (κ1) is 18.6. The molecule has 1 fully saturated rings. The van der Waals surface area contributed by atoms with E-state index in [4.69, 9.17) is 0 Å². The molecule has 5 heteroatoms. The molecule has 3 rings (SSSR count). The van der Waals surface area contributed by atoms with E-state index in [0.717, 1.165) is 42.6 Å². The van der Waals surface area contributed by atoms with Gasteiger partial charge in [-0.2, -0.15) is 5.10 Å². The summed E-state index contributed by atoms with van der Waals surface area (Å²) in [6.07, 6.45) is 2.55. The van der Waals surface area contributed by atoms with Gasteiger partial charge in [-0.25, -0.2) is 0 Å². The van der Waals surface area contributed by atoms with Crippen LogP contribution in [0.25, 0.3) is 0 Å². The van der Waals surface area contributed by atoms with Gasteiger partial charge >= 0.3 is 0 Å². The highest BCUT2D eigenvalue weighted by Gasteiger charge is 2.19. The van der Waals surface area contributed by atoms with E-state index in [1.54, 1.807) is 4.68 Å². The SMILES string of the molecule is Cc1cc(C)n([C@H](C)C(=O)Nc2cccc(CN3CCC(C)CC3)c2)n1. The quantitative estimate of drug-likeness (QED) is 0.885. The van der Waals surface area contributed by atoms with Gasteiger partial charge in [0, 0.05) is 17.9 Å². The number of carbonyl (C=O) groups is 1. The third-order valence-electron chi connectivity index (χ3n) is 5.27. The second-order valence-electron chi connectivity index (χ2n) is 7.70. The van der Waals surface area contributed by atoms with Crippen LogP contribution in [-0.2, 0) is 11.3 Å². The van der Waals surface area contributed by atoms with E-state index >= 15 is 0 Å². The second kappa shape index (κ2) is 8.04. The van der Waals surface area contributed by atoms with Crippen molar-refractivity contribution in [3.8, 4) is 0 Å². The van der Waals surface area contributed by atoms with Crippen LogP contribution in [0.2, 0.25) is 0 Å². The predicted molar refractivity (Wildman–Crippen MR) is 105 cm³/mol. The topological polar surface area (TPSA) is 50.2 Å². The summed E-state index contributed by atoms with van der Waals surface area (Å²) in [5.74, 6) is 0.799. The molecule has 1 aromatic heterocycles. The lowest BCUT2D eigenvalue weighted by atomic mass is 9.99. The summed E-state index contributed by atoms with van der Waals surface area (Å²) in [6, 6.07) is 9.85. The summed E-state index contributed by atoms with van der Waals surface area (Å²) in [5.41, 5.74) is 4.03. The number of piperidine rings is 1. The molecule has 0 saturated carbocycles. The Balaban J connectivity index is 1.62. The molecule has 1 N–H and O–H groups in total. The molecule has 5 nitrogen and oxygen atoms in total. The molecule has 2 aromatic rings. The maximum Gasteiger partial charge on any atom is 0.248 e. The first-order valence-corrected chi connectivity index (χ1v) is 9.57. The van der Waals surface area contributed by atoms with Gasteiger partial charge in [0.1, 0.15) is 6.04 Å². The fourth-order valence-electron chi connectivity index (χ4n) is 3.62. The summed E-state index contributed by atoms with van der Waals surface area (Å²) in [6.45, 7) is 11.4. The molecule has 1 aliphatic rings. The van der Waals surface area contributed by atoms with Crippen LogP contribution in [0.15, 0.2) is 30.3 Å². The van der Waals surface area contributed by atoms with E-state index in [-0.39, 0.29) is 11.9 Å². The Morgan fingerprint density at radius 2 is 2.00 bits per heavy atom. The highest BCUT2D eigenvalue weighted by Crippen LogP contribution is 2.20. The van der Waals surface area contributed by atoms with Crippen LogP contribution in [0.4, 0.5) is 5.69 Å². The normalized spacial score (nSPS) is 17.2. The van der Waals surface area contributed by atoms with Crippen molar-refractivity contribution in [3.05, 3.63) is 47.3 Å². The summed E-state index contributed by atoms with van der Waals surface area (Å²) in [5, 5.41) is 7.47. The predicted octanol–water partition coefficient (Wildman–Crippen LogP) is 3.93. The molecule has 0 radical (unpaired) electrons. The molecule has 2 heterocycles. The van der Waals surface area contributed by atoms with Gasteiger partial charge in [-0.15, -0.1) is 0 Å². The lowest BCUT2D eigenvalue weighted by Gasteiger charge is -2.30. The maximum absolute atomic E-state index is 12.6. The highest BCUT2D eigenvalue weighted by molar-refractivity contribution is 5.93. The van der Waals surface area contributed by atoms with Gasteiger partial charge in [0.05, 0.1) is 5.69 Å². The van der Waals surface area contributed by atoms with E-state index < -0.39 is 0 Å². The van der Waals surface area contributed by atoms with Gasteiger partial charge in [-0.3, -0.25) is 14.4 Å². The molecule has 26 heavy (non-hydrogen) atoms. The Bertz CT molecular complexity index is 759. The number of nitrogens with zero attached hydrogens (tertiary/aromatic N) is 3. The van der Waals surface area contributed by atoms with Crippen LogP contribution in [0.5, 0.6) is 0 Å². The Kier molecular flexibility index (Phi) is 5.77. The minimum Gasteiger partial charge on any atom is -0.324 e. The molecular weight excluding hydrogens is 324 g/mol. The molecule has 140 valence electrons. The average molecular weight is 354 g/mol. The number of likely N-dealkylation sites (tertiary alicyclic amines) is 1. The Morgan fingerprint density at radius 1 is 1.27 bits per heavy atom. The largest absolute Gasteiger partial charge is 0.324 e. The lowest BCUT2D eigenvalue weighted by Crippen LogP contribution is -2.32. The number of hydrogen-bond acceptors (Lipinski definition) is 3. The van der Waals surface area contributed by atoms with E-state index in [2.05, 4.69) is 34.4 Å². The molecule has 1 aliphatic heterocycles. The van der Waals surface area contributed by atoms with Crippen LogP contribution < -0.4 is 5.32 Å². The number of hydrogen-bond donors (Lipinski definition) is 1. The van der Waals surface area contributed by atoms with Crippen molar-refractivity contribution in [1.29, 1.82) is 0 Å². The number of aromatic nitrogens is 2. The van der Waals surface area contributed by atoms with E-state index in [9.17, 15) is 4.79 Å². The third-order valence-corrected chi connectivity index (χ3v) is 5.27. The number of amides is 1. The van der Waals surface area contributed by atoms with Crippen molar-refractivity contribution in [2.24, 2.45) is 5.92 Å². The van der Waals surface area contributed by atoms with Gasteiger partial charge in [-0.1, -0.05) is 19.1 Å². The fraction of sp³-hybridized carbons (Fsp3) is 0.524. The van der Waals surface area contributed by atoms with Crippen molar-refractivity contribution in [2.75, 3.05) is 18.4 Å². The summed E-state index contributed by atoms with van der Waals surface area (Å²) < 4.78 is 1.78. The zero-order chi connectivity index (χ0) is 18.7. The smallest absolute Gasteiger partial charge is 0.248 e. The molecular formula is C21H30N4O. The molecule has 1 atom stereocenters. The van der Waals surface area contributed by atoms with E-state index in [1.165, 1.54) is 18.4 Å². The number of benzene rings is 1. The maximum atomic E-state index is 12.6. The first-order chi connectivity index (χ1) is 12.4. The fourth-order valence-corrected chi connectivity index (χ4v) is 3.62. The lowest BCUT2D eigenvalue weighted by molar-refractivity contribution is -0.119. The first-order valence-electron chi connectivity index (χ1n) is 9.57. The van der Waals surface area contributed by atoms with E-state index in [1.807, 2.05) is 39.0 Å². The van der Waals surface area contributed by atoms with Gasteiger partial charge in [0.15, 0.2) is 0 Å². The average Bonchev–Trinajstić information content (AvgIpc) is 2.95. The minimum absolute atomic E-state index is 0.0415. The van der Waals surface area contributed by atoms with Crippen molar-refractivity contribution in [2.45, 2.75) is 53.1 Å².